The second-order valence-corrected chi connectivity index (χ2v) is 11.6. The van der Waals surface area contributed by atoms with Gasteiger partial charge in [-0.05, 0) is 25.7 Å². The first-order valence-corrected chi connectivity index (χ1v) is 15.2. The maximum atomic E-state index is 12.3. The van der Waals surface area contributed by atoms with Gasteiger partial charge in [0.1, 0.15) is 0 Å². The van der Waals surface area contributed by atoms with Crippen molar-refractivity contribution in [1.29, 1.82) is 0 Å². The van der Waals surface area contributed by atoms with Gasteiger partial charge in [-0.15, -0.1) is 0 Å². The molecule has 0 aliphatic heterocycles. The molecular formula is C23H46O6P2. The van der Waals surface area contributed by atoms with Crippen LogP contribution in [0.15, 0.2) is 24.8 Å². The van der Waals surface area contributed by atoms with E-state index in [9.17, 15) is 9.13 Å². The van der Waals surface area contributed by atoms with E-state index in [1.165, 1.54) is 24.5 Å². The summed E-state index contributed by atoms with van der Waals surface area (Å²) in [5.41, 5.74) is 0. The Labute approximate surface area is 191 Å². The van der Waals surface area contributed by atoms with Gasteiger partial charge >= 0.3 is 15.2 Å². The molecule has 184 valence electrons. The van der Waals surface area contributed by atoms with Gasteiger partial charge in [-0.25, -0.2) is 0 Å². The molecule has 0 aliphatic rings. The second-order valence-electron chi connectivity index (χ2n) is 7.67. The Morgan fingerprint density at radius 3 is 1.13 bits per heavy atom. The summed E-state index contributed by atoms with van der Waals surface area (Å²) in [6.07, 6.45) is 13.4. The van der Waals surface area contributed by atoms with Crippen molar-refractivity contribution in [2.24, 2.45) is 0 Å². The Morgan fingerprint density at radius 1 is 0.516 bits per heavy atom. The lowest BCUT2D eigenvalue weighted by Crippen LogP contribution is -1.98. The molecule has 0 rings (SSSR count). The molecule has 2 atom stereocenters. The van der Waals surface area contributed by atoms with Crippen LogP contribution in [0.2, 0.25) is 0 Å². The number of hydrogen-bond acceptors (Lipinski definition) is 6. The third-order valence-corrected chi connectivity index (χ3v) is 7.88. The fourth-order valence-corrected chi connectivity index (χ4v) is 4.92. The Bertz CT molecular complexity index is 538. The summed E-state index contributed by atoms with van der Waals surface area (Å²) in [5.74, 6) is 2.62. The van der Waals surface area contributed by atoms with E-state index in [1.54, 1.807) is 0 Å². The molecule has 2 unspecified atom stereocenters. The molecule has 0 spiro atoms. The maximum Gasteiger partial charge on any atom is 0.353 e. The molecule has 0 bridgehead atoms. The highest BCUT2D eigenvalue weighted by Gasteiger charge is 2.19. The van der Waals surface area contributed by atoms with E-state index in [1.807, 2.05) is 0 Å². The zero-order valence-corrected chi connectivity index (χ0v) is 21.7. The van der Waals surface area contributed by atoms with Crippen molar-refractivity contribution in [3.8, 4) is 0 Å². The number of rotatable bonds is 24. The molecule has 0 heterocycles. The first-order chi connectivity index (χ1) is 14.9. The van der Waals surface area contributed by atoms with Crippen molar-refractivity contribution < 1.29 is 27.2 Å². The Kier molecular flexibility index (Phi) is 20.2. The Morgan fingerprint density at radius 2 is 0.806 bits per heavy atom. The summed E-state index contributed by atoms with van der Waals surface area (Å²) in [6, 6.07) is 0. The third-order valence-electron chi connectivity index (χ3n) is 4.82. The fraction of sp³-hybridized carbons (Fsp3) is 0.826. The summed E-state index contributed by atoms with van der Waals surface area (Å²) in [5, 5.41) is 0. The molecule has 0 aromatic heterocycles. The first kappa shape index (κ1) is 30.8. The van der Waals surface area contributed by atoms with Crippen LogP contribution in [0.25, 0.3) is 0 Å². The highest BCUT2D eigenvalue weighted by Crippen LogP contribution is 2.50. The molecule has 0 saturated carbocycles. The Balaban J connectivity index is 3.60. The van der Waals surface area contributed by atoms with Crippen LogP contribution in [0, 0.1) is 0 Å². The molecule has 0 aromatic carbocycles. The van der Waals surface area contributed by atoms with Crippen molar-refractivity contribution in [3.05, 3.63) is 24.8 Å². The highest BCUT2D eigenvalue weighted by atomic mass is 31.2. The predicted octanol–water partition coefficient (Wildman–Crippen LogP) is 8.84. The molecule has 0 saturated heterocycles. The molecule has 31 heavy (non-hydrogen) atoms. The summed E-state index contributed by atoms with van der Waals surface area (Å²) in [4.78, 5) is 0. The zero-order chi connectivity index (χ0) is 23.3. The highest BCUT2D eigenvalue weighted by molar-refractivity contribution is 7.57. The van der Waals surface area contributed by atoms with E-state index in [4.69, 9.17) is 18.1 Å². The zero-order valence-electron chi connectivity index (χ0n) is 19.9. The van der Waals surface area contributed by atoms with Crippen LogP contribution in [0.3, 0.4) is 0 Å². The lowest BCUT2D eigenvalue weighted by molar-refractivity contribution is 0.204. The molecule has 8 heteroatoms. The smallest absolute Gasteiger partial charge is 0.306 e. The molecule has 0 aromatic rings. The largest absolute Gasteiger partial charge is 0.353 e. The minimum atomic E-state index is -3.12. The molecule has 0 radical (unpaired) electrons. The van der Waals surface area contributed by atoms with Crippen molar-refractivity contribution in [2.45, 2.75) is 97.3 Å². The van der Waals surface area contributed by atoms with E-state index in [0.717, 1.165) is 70.6 Å². The second kappa shape index (κ2) is 20.4. The van der Waals surface area contributed by atoms with Gasteiger partial charge in [0.15, 0.2) is 0 Å². The van der Waals surface area contributed by atoms with Gasteiger partial charge < -0.3 is 18.1 Å². The Hall–Kier alpha value is -0.220. The monoisotopic (exact) mass is 480 g/mol. The quantitative estimate of drug-likeness (QED) is 0.101. The van der Waals surface area contributed by atoms with E-state index in [-0.39, 0.29) is 0 Å². The average Bonchev–Trinajstić information content (AvgIpc) is 2.77. The fourth-order valence-electron chi connectivity index (χ4n) is 2.81. The maximum absolute atomic E-state index is 12.3. The molecular weight excluding hydrogens is 434 g/mol. The molecule has 0 fully saturated rings. The van der Waals surface area contributed by atoms with Crippen molar-refractivity contribution in [1.82, 2.24) is 0 Å². The summed E-state index contributed by atoms with van der Waals surface area (Å²) < 4.78 is 46.3. The van der Waals surface area contributed by atoms with E-state index < -0.39 is 15.2 Å². The molecule has 0 aliphatic carbocycles. The first-order valence-electron chi connectivity index (χ1n) is 12.0. The number of unbranched alkanes of at least 4 members (excludes halogenated alkanes) is 10. The summed E-state index contributed by atoms with van der Waals surface area (Å²) >= 11 is 0. The normalized spacial score (nSPS) is 15.3. The van der Waals surface area contributed by atoms with Gasteiger partial charge in [-0.2, -0.15) is 0 Å². The molecule has 6 nitrogen and oxygen atoms in total. The number of hydrogen-bond donors (Lipinski definition) is 0. The van der Waals surface area contributed by atoms with Crippen LogP contribution >= 0.6 is 15.2 Å². The minimum Gasteiger partial charge on any atom is -0.306 e. The van der Waals surface area contributed by atoms with Crippen LogP contribution in [-0.4, -0.2) is 26.4 Å². The average molecular weight is 481 g/mol. The van der Waals surface area contributed by atoms with Crippen molar-refractivity contribution >= 4 is 15.2 Å². The van der Waals surface area contributed by atoms with Gasteiger partial charge in [-0.3, -0.25) is 9.13 Å². The van der Waals surface area contributed by atoms with Crippen LogP contribution in [0.4, 0.5) is 0 Å². The van der Waals surface area contributed by atoms with Crippen LogP contribution in [0.1, 0.15) is 97.3 Å². The molecule has 0 amide bonds. The lowest BCUT2D eigenvalue weighted by atomic mass is 10.1. The van der Waals surface area contributed by atoms with Crippen LogP contribution in [0.5, 0.6) is 0 Å². The topological polar surface area (TPSA) is 71.1 Å². The van der Waals surface area contributed by atoms with Gasteiger partial charge in [-0.1, -0.05) is 84.8 Å². The predicted molar refractivity (Wildman–Crippen MR) is 131 cm³/mol. The third kappa shape index (κ3) is 18.0. The van der Waals surface area contributed by atoms with E-state index >= 15 is 0 Å². The van der Waals surface area contributed by atoms with Gasteiger partial charge in [0, 0.05) is 11.6 Å². The van der Waals surface area contributed by atoms with Gasteiger partial charge in [0.2, 0.25) is 0 Å². The summed E-state index contributed by atoms with van der Waals surface area (Å²) in [7, 11) is -6.24. The SMILES string of the molecule is C=CP(=O)(OCCCC)OCCCCCCCCCCOP(=O)(C=C)OCCCCC. The van der Waals surface area contributed by atoms with E-state index in [0.29, 0.717) is 26.4 Å². The van der Waals surface area contributed by atoms with Crippen molar-refractivity contribution in [2.75, 3.05) is 26.4 Å². The molecule has 0 N–H and O–H groups in total. The summed E-state index contributed by atoms with van der Waals surface area (Å²) in [6.45, 7) is 13.1. The van der Waals surface area contributed by atoms with Gasteiger partial charge in [0.25, 0.3) is 0 Å². The van der Waals surface area contributed by atoms with Crippen molar-refractivity contribution in [3.63, 3.8) is 0 Å². The van der Waals surface area contributed by atoms with Crippen LogP contribution < -0.4 is 0 Å². The van der Waals surface area contributed by atoms with Crippen LogP contribution in [-0.2, 0) is 27.2 Å². The standard InChI is InChI=1S/C23H46O6P2/c1-5-9-17-21-27-31(25,8-4)29-23-19-16-14-12-11-13-15-18-22-28-30(24,7-3)26-20-10-6-2/h7-8H,3-6,9-23H2,1-2H3. The minimum absolute atomic E-state index is 0.441. The lowest BCUT2D eigenvalue weighted by Gasteiger charge is -2.15. The van der Waals surface area contributed by atoms with E-state index in [2.05, 4.69) is 27.0 Å². The van der Waals surface area contributed by atoms with Gasteiger partial charge in [0.05, 0.1) is 26.4 Å².